The lowest BCUT2D eigenvalue weighted by Crippen LogP contribution is -2.67. The number of rotatable bonds is 6. The molecular formula is C13H24N2O8S2. The van der Waals surface area contributed by atoms with Crippen LogP contribution in [0.4, 0.5) is 0 Å². The van der Waals surface area contributed by atoms with Crippen molar-refractivity contribution < 1.29 is 35.8 Å². The summed E-state index contributed by atoms with van der Waals surface area (Å²) in [6.45, 7) is 0. The van der Waals surface area contributed by atoms with Crippen LogP contribution in [0.2, 0.25) is 0 Å². The van der Waals surface area contributed by atoms with Crippen LogP contribution in [0.5, 0.6) is 0 Å². The number of carboxylic acids is 1. The first-order valence-corrected chi connectivity index (χ1v) is 11.1. The van der Waals surface area contributed by atoms with Gasteiger partial charge in [-0.25, -0.2) is 0 Å². The summed E-state index contributed by atoms with van der Waals surface area (Å²) >= 11 is 0. The van der Waals surface area contributed by atoms with Crippen LogP contribution in [-0.2, 0) is 25.4 Å². The Morgan fingerprint density at radius 3 is 1.72 bits per heavy atom. The molecule has 2 rings (SSSR count). The highest BCUT2D eigenvalue weighted by atomic mass is 32.2. The van der Waals surface area contributed by atoms with Crippen molar-refractivity contribution >= 4 is 26.6 Å². The monoisotopic (exact) mass is 400 g/mol. The first-order chi connectivity index (χ1) is 11.5. The van der Waals surface area contributed by atoms with Crippen molar-refractivity contribution in [1.29, 1.82) is 0 Å². The molecule has 146 valence electrons. The zero-order valence-corrected chi connectivity index (χ0v) is 15.4. The van der Waals surface area contributed by atoms with Crippen LogP contribution in [0.15, 0.2) is 0 Å². The lowest BCUT2D eigenvalue weighted by Gasteiger charge is -2.46. The highest BCUT2D eigenvalue weighted by molar-refractivity contribution is 7.86. The molecule has 0 radical (unpaired) electrons. The van der Waals surface area contributed by atoms with Gasteiger partial charge in [-0.15, -0.1) is 0 Å². The van der Waals surface area contributed by atoms with Crippen LogP contribution in [0.1, 0.15) is 64.2 Å². The smallest absolute Gasteiger partial charge is 0.351 e. The van der Waals surface area contributed by atoms with Crippen molar-refractivity contribution in [3.05, 3.63) is 0 Å². The molecule has 0 atom stereocenters. The fraction of sp³-hybridized carbons (Fsp3) is 0.923. The van der Waals surface area contributed by atoms with Gasteiger partial charge in [0.25, 0.3) is 0 Å². The van der Waals surface area contributed by atoms with E-state index < -0.39 is 38.2 Å². The Morgan fingerprint density at radius 1 is 0.840 bits per heavy atom. The quantitative estimate of drug-likeness (QED) is 0.444. The maximum atomic E-state index is 12.1. The molecule has 0 unspecified atom stereocenters. The largest absolute Gasteiger partial charge is 0.480 e. The molecule has 0 saturated heterocycles. The van der Waals surface area contributed by atoms with Crippen LogP contribution in [0.25, 0.3) is 0 Å². The molecule has 25 heavy (non-hydrogen) atoms. The number of hydrogen-bond donors (Lipinski definition) is 3. The molecule has 0 amide bonds. The molecule has 0 spiro atoms. The summed E-state index contributed by atoms with van der Waals surface area (Å²) in [6, 6.07) is -0.927. The van der Waals surface area contributed by atoms with E-state index in [0.717, 1.165) is 6.42 Å². The van der Waals surface area contributed by atoms with Gasteiger partial charge < -0.3 is 5.11 Å². The van der Waals surface area contributed by atoms with E-state index in [1.807, 2.05) is 0 Å². The average Bonchev–Trinajstić information content (AvgIpc) is 2.51. The number of carboxylic acid groups (broad SMARTS) is 1. The molecule has 12 heteroatoms. The van der Waals surface area contributed by atoms with Gasteiger partial charge in [0.1, 0.15) is 0 Å². The predicted octanol–water partition coefficient (Wildman–Crippen LogP) is 1.23. The zero-order chi connectivity index (χ0) is 18.9. The third kappa shape index (κ3) is 4.31. The summed E-state index contributed by atoms with van der Waals surface area (Å²) in [6.07, 6.45) is 3.66. The third-order valence-corrected chi connectivity index (χ3v) is 6.97. The Labute approximate surface area is 147 Å². The molecular weight excluding hydrogens is 376 g/mol. The minimum Gasteiger partial charge on any atom is -0.480 e. The standard InChI is InChI=1S/C13H24N2O8S2/c16-12(17)13(9-5-2-6-10-13)15(25(21,22)23)14(24(18,19)20)11-7-3-1-4-8-11/h11H,1-10H2,(H,16,17)(H,18,19,20)(H,21,22,23). The number of hydrogen-bond acceptors (Lipinski definition) is 5. The normalized spacial score (nSPS) is 23.0. The summed E-state index contributed by atoms with van der Waals surface area (Å²) in [4.78, 5) is 12.0. The molecule has 2 fully saturated rings. The third-order valence-electron chi connectivity index (χ3n) is 4.97. The van der Waals surface area contributed by atoms with Crippen LogP contribution >= 0.6 is 0 Å². The van der Waals surface area contributed by atoms with E-state index in [2.05, 4.69) is 0 Å². The van der Waals surface area contributed by atoms with E-state index >= 15 is 0 Å². The van der Waals surface area contributed by atoms with E-state index in [0.29, 0.717) is 32.1 Å². The van der Waals surface area contributed by atoms with Gasteiger partial charge in [0.2, 0.25) is 0 Å². The van der Waals surface area contributed by atoms with Gasteiger partial charge in [0.05, 0.1) is 0 Å². The fourth-order valence-corrected chi connectivity index (χ4v) is 6.34. The number of hydrazine groups is 1. The van der Waals surface area contributed by atoms with Crippen LogP contribution in [-0.4, -0.2) is 57.4 Å². The second-order valence-corrected chi connectivity index (χ2v) is 9.17. The SMILES string of the molecule is O=C(O)C1(N(N(C2CCCCC2)S(=O)(=O)O)S(=O)(=O)O)CCCCC1. The van der Waals surface area contributed by atoms with Crippen LogP contribution in [0, 0.1) is 0 Å². The second-order valence-electron chi connectivity index (χ2n) is 6.66. The van der Waals surface area contributed by atoms with Crippen molar-refractivity contribution in [2.45, 2.75) is 75.8 Å². The Morgan fingerprint density at radius 2 is 1.32 bits per heavy atom. The van der Waals surface area contributed by atoms with Gasteiger partial charge in [-0.3, -0.25) is 13.9 Å². The Kier molecular flexibility index (Phi) is 6.11. The number of carbonyl (C=O) groups is 1. The zero-order valence-electron chi connectivity index (χ0n) is 13.7. The van der Waals surface area contributed by atoms with Gasteiger partial charge >= 0.3 is 26.6 Å². The molecule has 0 aromatic carbocycles. The Hall–Kier alpha value is -0.790. The lowest BCUT2D eigenvalue weighted by molar-refractivity contribution is -0.158. The minimum atomic E-state index is -5.26. The molecule has 10 nitrogen and oxygen atoms in total. The van der Waals surface area contributed by atoms with E-state index in [1.54, 1.807) is 0 Å². The minimum absolute atomic E-state index is 0.00676. The van der Waals surface area contributed by atoms with Crippen molar-refractivity contribution in [2.75, 3.05) is 0 Å². The summed E-state index contributed by atoms with van der Waals surface area (Å²) in [7, 11) is -10.4. The lowest BCUT2D eigenvalue weighted by atomic mass is 9.82. The van der Waals surface area contributed by atoms with Crippen molar-refractivity contribution in [2.24, 2.45) is 0 Å². The number of aliphatic carboxylic acids is 1. The molecule has 0 heterocycles. The van der Waals surface area contributed by atoms with E-state index in [9.17, 15) is 35.8 Å². The first kappa shape index (κ1) is 20.5. The molecule has 2 saturated carbocycles. The molecule has 0 aromatic rings. The highest BCUT2D eigenvalue weighted by Crippen LogP contribution is 2.39. The van der Waals surface area contributed by atoms with Crippen molar-refractivity contribution in [3.63, 3.8) is 0 Å². The maximum Gasteiger partial charge on any atom is 0.351 e. The van der Waals surface area contributed by atoms with Gasteiger partial charge in [-0.05, 0) is 25.7 Å². The molecule has 0 aromatic heterocycles. The first-order valence-electron chi connectivity index (χ1n) is 8.28. The Balaban J connectivity index is 2.62. The average molecular weight is 400 g/mol. The topological polar surface area (TPSA) is 153 Å². The van der Waals surface area contributed by atoms with Gasteiger partial charge in [-0.1, -0.05) is 47.4 Å². The van der Waals surface area contributed by atoms with Crippen molar-refractivity contribution in [1.82, 2.24) is 8.83 Å². The van der Waals surface area contributed by atoms with E-state index in [4.69, 9.17) is 0 Å². The maximum absolute atomic E-state index is 12.1. The number of nitrogens with zero attached hydrogens (tertiary/aromatic N) is 2. The van der Waals surface area contributed by atoms with Gasteiger partial charge in [0.15, 0.2) is 5.54 Å². The molecule has 3 N–H and O–H groups in total. The molecule has 2 aliphatic rings. The predicted molar refractivity (Wildman–Crippen MR) is 87.1 cm³/mol. The summed E-state index contributed by atoms with van der Waals surface area (Å²) in [5.41, 5.74) is -2.14. The second kappa shape index (κ2) is 7.45. The molecule has 2 aliphatic carbocycles. The van der Waals surface area contributed by atoms with Gasteiger partial charge in [0, 0.05) is 6.04 Å². The summed E-state index contributed by atoms with van der Waals surface area (Å²) in [5, 5.41) is 9.72. The summed E-state index contributed by atoms with van der Waals surface area (Å²) < 4.78 is 67.7. The van der Waals surface area contributed by atoms with Crippen LogP contribution in [0.3, 0.4) is 0 Å². The summed E-state index contributed by atoms with van der Waals surface area (Å²) in [5.74, 6) is -1.55. The van der Waals surface area contributed by atoms with Gasteiger partial charge in [-0.2, -0.15) is 16.8 Å². The van der Waals surface area contributed by atoms with E-state index in [1.165, 1.54) is 0 Å². The van der Waals surface area contributed by atoms with Crippen LogP contribution < -0.4 is 0 Å². The molecule has 0 aliphatic heterocycles. The molecule has 0 bridgehead atoms. The van der Waals surface area contributed by atoms with E-state index in [-0.39, 0.29) is 34.5 Å². The Bertz CT molecular complexity index is 694. The fourth-order valence-electron chi connectivity index (χ4n) is 3.87. The highest BCUT2D eigenvalue weighted by Gasteiger charge is 2.57. The van der Waals surface area contributed by atoms with Crippen molar-refractivity contribution in [3.8, 4) is 0 Å².